The molecule has 0 unspecified atom stereocenters. The van der Waals surface area contributed by atoms with E-state index in [4.69, 9.17) is 5.73 Å². The zero-order valence-corrected chi connectivity index (χ0v) is 10.8. The van der Waals surface area contributed by atoms with Crippen molar-refractivity contribution < 1.29 is 4.79 Å². The molecule has 0 saturated heterocycles. The third-order valence-corrected chi connectivity index (χ3v) is 2.49. The molecule has 0 atom stereocenters. The van der Waals surface area contributed by atoms with E-state index >= 15 is 0 Å². The molecule has 90 valence electrons. The Labute approximate surface area is 103 Å². The van der Waals surface area contributed by atoms with E-state index in [1.807, 2.05) is 0 Å². The van der Waals surface area contributed by atoms with Gasteiger partial charge < -0.3 is 11.1 Å². The number of amides is 1. The Morgan fingerprint density at radius 3 is 2.19 bits per heavy atom. The van der Waals surface area contributed by atoms with Crippen LogP contribution in [0, 0.1) is 20.8 Å². The molecular weight excluding hydrogens is 224 g/mol. The lowest BCUT2D eigenvalue weighted by Gasteiger charge is -2.11. The van der Waals surface area contributed by atoms with Crippen LogP contribution in [0.3, 0.4) is 0 Å². The first-order chi connectivity index (χ1) is 7.04. The van der Waals surface area contributed by atoms with Crippen molar-refractivity contribution in [2.45, 2.75) is 27.3 Å². The molecule has 0 spiro atoms. The van der Waals surface area contributed by atoms with Crippen LogP contribution in [0.25, 0.3) is 0 Å². The van der Waals surface area contributed by atoms with Gasteiger partial charge in [0.25, 0.3) is 0 Å². The minimum atomic E-state index is -0.116. The van der Waals surface area contributed by atoms with Crippen molar-refractivity contribution in [2.75, 3.05) is 6.54 Å². The summed E-state index contributed by atoms with van der Waals surface area (Å²) < 4.78 is 0. The van der Waals surface area contributed by atoms with Crippen molar-refractivity contribution in [1.82, 2.24) is 5.32 Å². The summed E-state index contributed by atoms with van der Waals surface area (Å²) in [5.41, 5.74) is 10.1. The van der Waals surface area contributed by atoms with E-state index in [-0.39, 0.29) is 24.9 Å². The summed E-state index contributed by atoms with van der Waals surface area (Å²) in [5.74, 6) is -0.116. The average molecular weight is 243 g/mol. The van der Waals surface area contributed by atoms with Crippen molar-refractivity contribution in [3.8, 4) is 0 Å². The Morgan fingerprint density at radius 1 is 1.25 bits per heavy atom. The molecule has 0 aliphatic rings. The molecule has 0 fully saturated rings. The van der Waals surface area contributed by atoms with Crippen LogP contribution in [-0.2, 0) is 11.3 Å². The number of nitrogens with two attached hydrogens (primary N) is 1. The number of nitrogens with one attached hydrogen (secondary N) is 1. The van der Waals surface area contributed by atoms with E-state index in [0.29, 0.717) is 6.54 Å². The first-order valence-corrected chi connectivity index (χ1v) is 5.08. The van der Waals surface area contributed by atoms with E-state index < -0.39 is 0 Å². The third-order valence-electron chi connectivity index (χ3n) is 2.49. The second-order valence-corrected chi connectivity index (χ2v) is 3.86. The third kappa shape index (κ3) is 3.83. The Bertz CT molecular complexity index is 354. The van der Waals surface area contributed by atoms with E-state index in [9.17, 15) is 4.79 Å². The predicted molar refractivity (Wildman–Crippen MR) is 68.8 cm³/mol. The minimum Gasteiger partial charge on any atom is -0.351 e. The van der Waals surface area contributed by atoms with Crippen LogP contribution >= 0.6 is 12.4 Å². The molecule has 0 aliphatic carbocycles. The van der Waals surface area contributed by atoms with Crippen molar-refractivity contribution in [3.63, 3.8) is 0 Å². The highest BCUT2D eigenvalue weighted by molar-refractivity contribution is 5.85. The summed E-state index contributed by atoms with van der Waals surface area (Å²) in [6.45, 7) is 6.80. The zero-order valence-electron chi connectivity index (χ0n) is 9.96. The smallest absolute Gasteiger partial charge is 0.234 e. The van der Waals surface area contributed by atoms with Crippen LogP contribution in [0.15, 0.2) is 12.1 Å². The van der Waals surface area contributed by atoms with Crippen molar-refractivity contribution >= 4 is 18.3 Å². The van der Waals surface area contributed by atoms with Gasteiger partial charge in [-0.25, -0.2) is 0 Å². The van der Waals surface area contributed by atoms with Gasteiger partial charge in [0.05, 0.1) is 6.54 Å². The van der Waals surface area contributed by atoms with Crippen LogP contribution < -0.4 is 11.1 Å². The molecule has 0 saturated carbocycles. The second kappa shape index (κ2) is 6.51. The molecule has 0 aromatic heterocycles. The number of aryl methyl sites for hydroxylation is 3. The molecule has 0 bridgehead atoms. The van der Waals surface area contributed by atoms with Gasteiger partial charge in [0.2, 0.25) is 5.91 Å². The monoisotopic (exact) mass is 242 g/mol. The van der Waals surface area contributed by atoms with Gasteiger partial charge >= 0.3 is 0 Å². The molecule has 1 amide bonds. The normalized spacial score (nSPS) is 9.50. The molecule has 1 rings (SSSR count). The van der Waals surface area contributed by atoms with Gasteiger partial charge in [0, 0.05) is 6.54 Å². The SMILES string of the molecule is Cc1cc(C)c(CNC(=O)CN)c(C)c1.Cl. The van der Waals surface area contributed by atoms with E-state index in [1.165, 1.54) is 22.3 Å². The number of benzene rings is 1. The maximum atomic E-state index is 11.0. The number of rotatable bonds is 3. The summed E-state index contributed by atoms with van der Waals surface area (Å²) in [6, 6.07) is 4.24. The fraction of sp³-hybridized carbons (Fsp3) is 0.417. The lowest BCUT2D eigenvalue weighted by molar-refractivity contribution is -0.119. The molecule has 4 heteroatoms. The lowest BCUT2D eigenvalue weighted by Crippen LogP contribution is -2.30. The number of carbonyl (C=O) groups excluding carboxylic acids is 1. The van der Waals surface area contributed by atoms with Crippen molar-refractivity contribution in [2.24, 2.45) is 5.73 Å². The van der Waals surface area contributed by atoms with Crippen LogP contribution in [0.5, 0.6) is 0 Å². The Kier molecular flexibility index (Phi) is 6.08. The van der Waals surface area contributed by atoms with Gasteiger partial charge in [-0.1, -0.05) is 17.7 Å². The number of carbonyl (C=O) groups is 1. The summed E-state index contributed by atoms with van der Waals surface area (Å²) in [6.07, 6.45) is 0. The average Bonchev–Trinajstić information content (AvgIpc) is 2.15. The molecule has 0 aliphatic heterocycles. The Hall–Kier alpha value is -1.06. The fourth-order valence-corrected chi connectivity index (χ4v) is 1.75. The molecule has 0 heterocycles. The fourth-order valence-electron chi connectivity index (χ4n) is 1.75. The summed E-state index contributed by atoms with van der Waals surface area (Å²) in [5, 5.41) is 2.79. The molecule has 0 radical (unpaired) electrons. The van der Waals surface area contributed by atoms with Gasteiger partial charge in [-0.05, 0) is 37.5 Å². The molecule has 1 aromatic rings. The second-order valence-electron chi connectivity index (χ2n) is 3.86. The van der Waals surface area contributed by atoms with Gasteiger partial charge in [-0.3, -0.25) is 4.79 Å². The molecular formula is C12H19ClN2O. The van der Waals surface area contributed by atoms with Gasteiger partial charge in [0.1, 0.15) is 0 Å². The zero-order chi connectivity index (χ0) is 11.4. The van der Waals surface area contributed by atoms with E-state index in [2.05, 4.69) is 38.2 Å². The maximum Gasteiger partial charge on any atom is 0.234 e. The Morgan fingerprint density at radius 2 is 1.75 bits per heavy atom. The highest BCUT2D eigenvalue weighted by atomic mass is 35.5. The first-order valence-electron chi connectivity index (χ1n) is 5.08. The molecule has 16 heavy (non-hydrogen) atoms. The quantitative estimate of drug-likeness (QED) is 0.846. The standard InChI is InChI=1S/C12H18N2O.ClH/c1-8-4-9(2)11(10(3)5-8)7-14-12(15)6-13;/h4-5H,6-7,13H2,1-3H3,(H,14,15);1H. The summed E-state index contributed by atoms with van der Waals surface area (Å²) >= 11 is 0. The van der Waals surface area contributed by atoms with E-state index in [0.717, 1.165) is 0 Å². The van der Waals surface area contributed by atoms with Gasteiger partial charge in [-0.15, -0.1) is 12.4 Å². The van der Waals surface area contributed by atoms with Crippen LogP contribution in [0.1, 0.15) is 22.3 Å². The summed E-state index contributed by atoms with van der Waals surface area (Å²) in [7, 11) is 0. The van der Waals surface area contributed by atoms with Crippen LogP contribution in [0.4, 0.5) is 0 Å². The topological polar surface area (TPSA) is 55.1 Å². The largest absolute Gasteiger partial charge is 0.351 e. The lowest BCUT2D eigenvalue weighted by atomic mass is 10.00. The van der Waals surface area contributed by atoms with Crippen molar-refractivity contribution in [1.29, 1.82) is 0 Å². The van der Waals surface area contributed by atoms with Crippen molar-refractivity contribution in [3.05, 3.63) is 34.4 Å². The first kappa shape index (κ1) is 14.9. The molecule has 3 N–H and O–H groups in total. The number of hydrogen-bond donors (Lipinski definition) is 2. The van der Waals surface area contributed by atoms with Gasteiger partial charge in [-0.2, -0.15) is 0 Å². The number of hydrogen-bond acceptors (Lipinski definition) is 2. The predicted octanol–water partition coefficient (Wildman–Crippen LogP) is 1.61. The Balaban J connectivity index is 0.00000225. The van der Waals surface area contributed by atoms with Crippen LogP contribution in [0.2, 0.25) is 0 Å². The maximum absolute atomic E-state index is 11.0. The minimum absolute atomic E-state index is 0. The van der Waals surface area contributed by atoms with E-state index in [1.54, 1.807) is 0 Å². The van der Waals surface area contributed by atoms with Crippen LogP contribution in [-0.4, -0.2) is 12.5 Å². The highest BCUT2D eigenvalue weighted by Crippen LogP contribution is 2.15. The molecule has 1 aromatic carbocycles. The number of halogens is 1. The molecule has 3 nitrogen and oxygen atoms in total. The highest BCUT2D eigenvalue weighted by Gasteiger charge is 2.04. The van der Waals surface area contributed by atoms with Gasteiger partial charge in [0.15, 0.2) is 0 Å². The summed E-state index contributed by atoms with van der Waals surface area (Å²) in [4.78, 5) is 11.0.